The van der Waals surface area contributed by atoms with Crippen LogP contribution in [-0.4, -0.2) is 38.8 Å². The average Bonchev–Trinajstić information content (AvgIpc) is 2.58. The van der Waals surface area contributed by atoms with Crippen LogP contribution in [0.15, 0.2) is 6.20 Å². The van der Waals surface area contributed by atoms with Crippen molar-refractivity contribution in [1.82, 2.24) is 14.7 Å². The lowest BCUT2D eigenvalue weighted by Crippen LogP contribution is -2.38. The van der Waals surface area contributed by atoms with Crippen LogP contribution in [0.1, 0.15) is 24.1 Å². The van der Waals surface area contributed by atoms with Gasteiger partial charge in [-0.05, 0) is 26.3 Å². The van der Waals surface area contributed by atoms with Crippen LogP contribution in [-0.2, 0) is 18.4 Å². The van der Waals surface area contributed by atoms with Gasteiger partial charge in [-0.3, -0.25) is 14.4 Å². The summed E-state index contributed by atoms with van der Waals surface area (Å²) in [5.74, 6) is -0.877. The lowest BCUT2D eigenvalue weighted by molar-refractivity contribution is -0.143. The highest BCUT2D eigenvalue weighted by Gasteiger charge is 2.25. The fourth-order valence-corrected chi connectivity index (χ4v) is 2.45. The number of hydrogen-bond acceptors (Lipinski definition) is 3. The number of nitrogens with zero attached hydrogens (tertiary/aromatic N) is 3. The minimum atomic E-state index is -0.669. The normalized spacial score (nSPS) is 21.6. The van der Waals surface area contributed by atoms with Crippen LogP contribution in [0.4, 0.5) is 0 Å². The fraction of sp³-hybridized carbons (Fsp3) is 0.667. The molecule has 1 unspecified atom stereocenters. The van der Waals surface area contributed by atoms with Crippen LogP contribution in [0.5, 0.6) is 0 Å². The molecular formula is C12H19N3O2. The van der Waals surface area contributed by atoms with E-state index in [0.717, 1.165) is 31.6 Å². The van der Waals surface area contributed by atoms with E-state index >= 15 is 0 Å². The van der Waals surface area contributed by atoms with Crippen molar-refractivity contribution >= 4 is 5.97 Å². The summed E-state index contributed by atoms with van der Waals surface area (Å²) < 4.78 is 1.81. The number of likely N-dealkylation sites (tertiary alicyclic amines) is 1. The molecule has 1 aromatic heterocycles. The monoisotopic (exact) mass is 237 g/mol. The molecule has 0 aromatic carbocycles. The molecule has 1 aliphatic heterocycles. The van der Waals surface area contributed by atoms with E-state index in [0.29, 0.717) is 6.54 Å². The summed E-state index contributed by atoms with van der Waals surface area (Å²) in [6.45, 7) is 4.44. The molecule has 2 heterocycles. The van der Waals surface area contributed by atoms with E-state index < -0.39 is 5.97 Å². The molecule has 5 nitrogen and oxygen atoms in total. The largest absolute Gasteiger partial charge is 0.481 e. The lowest BCUT2D eigenvalue weighted by atomic mass is 9.98. The van der Waals surface area contributed by atoms with Crippen molar-refractivity contribution in [3.8, 4) is 0 Å². The fourth-order valence-electron chi connectivity index (χ4n) is 2.45. The van der Waals surface area contributed by atoms with Gasteiger partial charge in [-0.2, -0.15) is 5.10 Å². The summed E-state index contributed by atoms with van der Waals surface area (Å²) in [6, 6.07) is 0. The second-order valence-electron chi connectivity index (χ2n) is 4.83. The van der Waals surface area contributed by atoms with Gasteiger partial charge in [-0.25, -0.2) is 0 Å². The Morgan fingerprint density at radius 1 is 1.65 bits per heavy atom. The Kier molecular flexibility index (Phi) is 3.47. The van der Waals surface area contributed by atoms with Crippen LogP contribution in [0.25, 0.3) is 0 Å². The lowest BCUT2D eigenvalue weighted by Gasteiger charge is -2.30. The second kappa shape index (κ2) is 4.87. The molecule has 1 N–H and O–H groups in total. The van der Waals surface area contributed by atoms with Crippen molar-refractivity contribution < 1.29 is 9.90 Å². The van der Waals surface area contributed by atoms with Gasteiger partial charge in [0.1, 0.15) is 0 Å². The number of rotatable bonds is 3. The smallest absolute Gasteiger partial charge is 0.307 e. The Morgan fingerprint density at radius 3 is 3.00 bits per heavy atom. The minimum Gasteiger partial charge on any atom is -0.481 e. The first-order chi connectivity index (χ1) is 8.06. The summed E-state index contributed by atoms with van der Waals surface area (Å²) in [5, 5.41) is 13.3. The van der Waals surface area contributed by atoms with Gasteiger partial charge in [-0.1, -0.05) is 0 Å². The summed E-state index contributed by atoms with van der Waals surface area (Å²) in [4.78, 5) is 13.2. The van der Waals surface area contributed by atoms with E-state index in [-0.39, 0.29) is 5.92 Å². The molecule has 2 rings (SSSR count). The predicted molar refractivity (Wildman–Crippen MR) is 63.6 cm³/mol. The van der Waals surface area contributed by atoms with Crippen molar-refractivity contribution in [3.63, 3.8) is 0 Å². The number of carboxylic acid groups (broad SMARTS) is 1. The molecule has 1 fully saturated rings. The molecular weight excluding hydrogens is 218 g/mol. The molecule has 0 radical (unpaired) electrons. The van der Waals surface area contributed by atoms with Crippen molar-refractivity contribution in [2.75, 3.05) is 13.1 Å². The number of piperidine rings is 1. The Hall–Kier alpha value is -1.36. The zero-order valence-electron chi connectivity index (χ0n) is 10.4. The zero-order valence-corrected chi connectivity index (χ0v) is 10.4. The van der Waals surface area contributed by atoms with E-state index in [1.54, 1.807) is 0 Å². The van der Waals surface area contributed by atoms with E-state index in [2.05, 4.69) is 10.00 Å². The van der Waals surface area contributed by atoms with E-state index in [1.165, 1.54) is 5.56 Å². The van der Waals surface area contributed by atoms with Gasteiger partial charge in [0.2, 0.25) is 0 Å². The van der Waals surface area contributed by atoms with Gasteiger partial charge in [0.15, 0.2) is 0 Å². The molecule has 1 aliphatic rings. The van der Waals surface area contributed by atoms with Crippen LogP contribution in [0, 0.1) is 12.8 Å². The third-order valence-corrected chi connectivity index (χ3v) is 3.36. The van der Waals surface area contributed by atoms with Crippen LogP contribution >= 0.6 is 0 Å². The molecule has 0 bridgehead atoms. The van der Waals surface area contributed by atoms with Gasteiger partial charge >= 0.3 is 5.97 Å². The Bertz CT molecular complexity index is 414. The third kappa shape index (κ3) is 2.85. The maximum Gasteiger partial charge on any atom is 0.307 e. The van der Waals surface area contributed by atoms with Gasteiger partial charge in [-0.15, -0.1) is 0 Å². The van der Waals surface area contributed by atoms with Crippen molar-refractivity contribution in [2.24, 2.45) is 13.0 Å². The SMILES string of the molecule is Cc1nn(C)cc1CN1CCCC(C(=O)O)C1. The quantitative estimate of drug-likeness (QED) is 0.853. The number of aryl methyl sites for hydroxylation is 2. The van der Waals surface area contributed by atoms with Crippen LogP contribution in [0.2, 0.25) is 0 Å². The third-order valence-electron chi connectivity index (χ3n) is 3.36. The highest BCUT2D eigenvalue weighted by molar-refractivity contribution is 5.70. The van der Waals surface area contributed by atoms with Crippen LogP contribution in [0.3, 0.4) is 0 Å². The molecule has 0 aliphatic carbocycles. The second-order valence-corrected chi connectivity index (χ2v) is 4.83. The molecule has 0 spiro atoms. The van der Waals surface area contributed by atoms with E-state index in [4.69, 9.17) is 5.11 Å². The molecule has 1 saturated heterocycles. The number of carbonyl (C=O) groups is 1. The summed E-state index contributed by atoms with van der Waals surface area (Å²) in [5.41, 5.74) is 2.23. The van der Waals surface area contributed by atoms with Gasteiger partial charge in [0, 0.05) is 31.9 Å². The summed E-state index contributed by atoms with van der Waals surface area (Å²) in [6.07, 6.45) is 3.79. The first-order valence-electron chi connectivity index (χ1n) is 6.00. The maximum atomic E-state index is 11.0. The molecule has 17 heavy (non-hydrogen) atoms. The molecule has 5 heteroatoms. The number of aliphatic carboxylic acids is 1. The zero-order chi connectivity index (χ0) is 12.4. The topological polar surface area (TPSA) is 58.4 Å². The highest BCUT2D eigenvalue weighted by atomic mass is 16.4. The average molecular weight is 237 g/mol. The Morgan fingerprint density at radius 2 is 2.41 bits per heavy atom. The minimum absolute atomic E-state index is 0.208. The molecule has 1 aromatic rings. The number of aromatic nitrogens is 2. The standard InChI is InChI=1S/C12H19N3O2/c1-9-11(6-14(2)13-9)8-15-5-3-4-10(7-15)12(16)17/h6,10H,3-5,7-8H2,1-2H3,(H,16,17). The van der Waals surface area contributed by atoms with Gasteiger partial charge in [0.25, 0.3) is 0 Å². The summed E-state index contributed by atoms with van der Waals surface area (Å²) >= 11 is 0. The van der Waals surface area contributed by atoms with Crippen molar-refractivity contribution in [2.45, 2.75) is 26.3 Å². The van der Waals surface area contributed by atoms with Crippen molar-refractivity contribution in [1.29, 1.82) is 0 Å². The highest BCUT2D eigenvalue weighted by Crippen LogP contribution is 2.19. The maximum absolute atomic E-state index is 11.0. The van der Waals surface area contributed by atoms with Crippen molar-refractivity contribution in [3.05, 3.63) is 17.5 Å². The van der Waals surface area contributed by atoms with Crippen LogP contribution < -0.4 is 0 Å². The Balaban J connectivity index is 1.99. The summed E-state index contributed by atoms with van der Waals surface area (Å²) in [7, 11) is 1.91. The molecule has 1 atom stereocenters. The first kappa shape index (κ1) is 12.1. The number of hydrogen-bond donors (Lipinski definition) is 1. The van der Waals surface area contributed by atoms with Gasteiger partial charge in [0.05, 0.1) is 11.6 Å². The molecule has 0 amide bonds. The first-order valence-corrected chi connectivity index (χ1v) is 6.00. The van der Waals surface area contributed by atoms with E-state index in [9.17, 15) is 4.79 Å². The number of carboxylic acids is 1. The molecule has 0 saturated carbocycles. The van der Waals surface area contributed by atoms with E-state index in [1.807, 2.05) is 24.9 Å². The van der Waals surface area contributed by atoms with Gasteiger partial charge < -0.3 is 5.11 Å². The Labute approximate surface area is 101 Å². The molecule has 94 valence electrons. The predicted octanol–water partition coefficient (Wildman–Crippen LogP) is 1.03.